The number of halogens is 1. The van der Waals surface area contributed by atoms with Crippen molar-refractivity contribution in [3.63, 3.8) is 0 Å². The summed E-state index contributed by atoms with van der Waals surface area (Å²) in [5, 5.41) is 4.51. The van der Waals surface area contributed by atoms with Crippen molar-refractivity contribution < 1.29 is 14.1 Å². The summed E-state index contributed by atoms with van der Waals surface area (Å²) in [5.74, 6) is 0.141. The van der Waals surface area contributed by atoms with E-state index in [1.54, 1.807) is 34.9 Å². The molecule has 6 nitrogen and oxygen atoms in total. The zero-order valence-electron chi connectivity index (χ0n) is 14.5. The highest BCUT2D eigenvalue weighted by atomic mass is 35.5. The first-order valence-corrected chi connectivity index (χ1v) is 8.62. The number of aryl methyl sites for hydroxylation is 2. The van der Waals surface area contributed by atoms with Crippen LogP contribution in [-0.4, -0.2) is 41.0 Å². The average Bonchev–Trinajstić information content (AvgIpc) is 2.96. The van der Waals surface area contributed by atoms with E-state index in [-0.39, 0.29) is 24.4 Å². The molecule has 0 radical (unpaired) electrons. The van der Waals surface area contributed by atoms with Crippen LogP contribution in [0.25, 0.3) is 0 Å². The third kappa shape index (κ3) is 3.26. The van der Waals surface area contributed by atoms with E-state index in [1.165, 1.54) is 0 Å². The van der Waals surface area contributed by atoms with Gasteiger partial charge >= 0.3 is 0 Å². The molecule has 7 heteroatoms. The zero-order chi connectivity index (χ0) is 18.1. The first-order valence-electron chi connectivity index (χ1n) is 8.24. The molecule has 0 saturated carbocycles. The minimum Gasteiger partial charge on any atom is -0.361 e. The molecule has 132 valence electrons. The van der Waals surface area contributed by atoms with Gasteiger partial charge in [-0.05, 0) is 38.5 Å². The first kappa shape index (κ1) is 17.5. The van der Waals surface area contributed by atoms with Crippen LogP contribution in [0.15, 0.2) is 28.8 Å². The molecule has 2 amide bonds. The Kier molecular flexibility index (Phi) is 4.81. The molecule has 1 aromatic carbocycles. The number of piperazine rings is 1. The van der Waals surface area contributed by atoms with Crippen LogP contribution in [-0.2, 0) is 11.2 Å². The highest BCUT2D eigenvalue weighted by Crippen LogP contribution is 2.25. The van der Waals surface area contributed by atoms with Crippen LogP contribution in [0.5, 0.6) is 0 Å². The van der Waals surface area contributed by atoms with E-state index < -0.39 is 0 Å². The monoisotopic (exact) mass is 361 g/mol. The van der Waals surface area contributed by atoms with E-state index >= 15 is 0 Å². The van der Waals surface area contributed by atoms with Crippen molar-refractivity contribution in [3.05, 3.63) is 46.3 Å². The summed E-state index contributed by atoms with van der Waals surface area (Å²) in [6.45, 7) is 5.99. The number of nitrogens with zero attached hydrogens (tertiary/aromatic N) is 3. The molecule has 0 N–H and O–H groups in total. The molecule has 0 aliphatic carbocycles. The number of aromatic nitrogens is 1. The largest absolute Gasteiger partial charge is 0.361 e. The van der Waals surface area contributed by atoms with Gasteiger partial charge in [-0.2, -0.15) is 0 Å². The first-order chi connectivity index (χ1) is 11.9. The Morgan fingerprint density at radius 3 is 2.88 bits per heavy atom. The summed E-state index contributed by atoms with van der Waals surface area (Å²) >= 11 is 6.03. The number of benzene rings is 1. The van der Waals surface area contributed by atoms with Gasteiger partial charge in [0.05, 0.1) is 5.69 Å². The van der Waals surface area contributed by atoms with Gasteiger partial charge in [0.25, 0.3) is 5.91 Å². The van der Waals surface area contributed by atoms with E-state index in [1.807, 2.05) is 19.9 Å². The van der Waals surface area contributed by atoms with Gasteiger partial charge in [-0.1, -0.05) is 29.7 Å². The molecular formula is C18H20ClN3O3. The van der Waals surface area contributed by atoms with Crippen molar-refractivity contribution in [2.75, 3.05) is 18.0 Å². The molecule has 1 aliphatic rings. The highest BCUT2D eigenvalue weighted by Gasteiger charge is 2.35. The lowest BCUT2D eigenvalue weighted by molar-refractivity contribution is -0.121. The van der Waals surface area contributed by atoms with Crippen LogP contribution in [0.3, 0.4) is 0 Å². The van der Waals surface area contributed by atoms with Crippen LogP contribution in [0, 0.1) is 6.92 Å². The summed E-state index contributed by atoms with van der Waals surface area (Å²) in [7, 11) is 0. The van der Waals surface area contributed by atoms with Crippen molar-refractivity contribution >= 4 is 29.1 Å². The molecule has 2 heterocycles. The number of rotatable bonds is 3. The van der Waals surface area contributed by atoms with Gasteiger partial charge in [0.1, 0.15) is 17.9 Å². The lowest BCUT2D eigenvalue weighted by atomic mass is 10.1. The van der Waals surface area contributed by atoms with E-state index in [2.05, 4.69) is 5.16 Å². The van der Waals surface area contributed by atoms with E-state index in [0.29, 0.717) is 35.0 Å². The van der Waals surface area contributed by atoms with Gasteiger partial charge < -0.3 is 14.3 Å². The van der Waals surface area contributed by atoms with Crippen molar-refractivity contribution in [1.82, 2.24) is 10.1 Å². The molecular weight excluding hydrogens is 342 g/mol. The lowest BCUT2D eigenvalue weighted by Crippen LogP contribution is -2.57. The molecule has 25 heavy (non-hydrogen) atoms. The van der Waals surface area contributed by atoms with Crippen molar-refractivity contribution in [2.24, 2.45) is 0 Å². The third-order valence-electron chi connectivity index (χ3n) is 4.45. The summed E-state index contributed by atoms with van der Waals surface area (Å²) < 4.78 is 5.16. The SMILES string of the molecule is CCc1noc(C)c1C(=O)N1CC(=O)N(c2cccc(Cl)c2)C[C@H]1C. The fraction of sp³-hybridized carbons (Fsp3) is 0.389. The molecule has 1 fully saturated rings. The minimum absolute atomic E-state index is 0.0142. The van der Waals surface area contributed by atoms with Crippen molar-refractivity contribution in [1.29, 1.82) is 0 Å². The summed E-state index contributed by atoms with van der Waals surface area (Å²) in [6, 6.07) is 7.03. The summed E-state index contributed by atoms with van der Waals surface area (Å²) in [4.78, 5) is 28.8. The average molecular weight is 362 g/mol. The second-order valence-corrected chi connectivity index (χ2v) is 6.62. The molecule has 0 unspecified atom stereocenters. The maximum absolute atomic E-state index is 12.9. The van der Waals surface area contributed by atoms with Gasteiger partial charge in [-0.15, -0.1) is 0 Å². The smallest absolute Gasteiger partial charge is 0.260 e. The Morgan fingerprint density at radius 1 is 1.44 bits per heavy atom. The highest BCUT2D eigenvalue weighted by molar-refractivity contribution is 6.30. The Bertz CT molecular complexity index is 818. The van der Waals surface area contributed by atoms with E-state index in [9.17, 15) is 9.59 Å². The minimum atomic E-state index is -0.206. The predicted molar refractivity (Wildman–Crippen MR) is 94.9 cm³/mol. The quantitative estimate of drug-likeness (QED) is 0.842. The topological polar surface area (TPSA) is 66.7 Å². The number of amides is 2. The fourth-order valence-corrected chi connectivity index (χ4v) is 3.28. The normalized spacial score (nSPS) is 17.9. The van der Waals surface area contributed by atoms with Crippen molar-refractivity contribution in [2.45, 2.75) is 33.2 Å². The van der Waals surface area contributed by atoms with Gasteiger partial charge in [0, 0.05) is 23.3 Å². The standard InChI is InChI=1S/C18H20ClN3O3/c1-4-15-17(12(3)25-20-15)18(24)21-10-16(23)22(9-11(21)2)14-7-5-6-13(19)8-14/h5-8,11H,4,9-10H2,1-3H3/t11-/m1/s1. The van der Waals surface area contributed by atoms with Crippen LogP contribution >= 0.6 is 11.6 Å². The number of hydrogen-bond acceptors (Lipinski definition) is 4. The molecule has 1 aliphatic heterocycles. The van der Waals surface area contributed by atoms with Gasteiger partial charge in [-0.3, -0.25) is 9.59 Å². The van der Waals surface area contributed by atoms with E-state index in [4.69, 9.17) is 16.1 Å². The number of carbonyl (C=O) groups excluding carboxylic acids is 2. The maximum Gasteiger partial charge on any atom is 0.260 e. The third-order valence-corrected chi connectivity index (χ3v) is 4.68. The van der Waals surface area contributed by atoms with E-state index in [0.717, 1.165) is 5.69 Å². The molecule has 1 saturated heterocycles. The summed E-state index contributed by atoms with van der Waals surface area (Å²) in [5.41, 5.74) is 1.84. The Labute approximate surface area is 151 Å². The van der Waals surface area contributed by atoms with Crippen LogP contribution in [0.1, 0.15) is 35.7 Å². The van der Waals surface area contributed by atoms with Gasteiger partial charge in [0.2, 0.25) is 5.91 Å². The van der Waals surface area contributed by atoms with Gasteiger partial charge in [0.15, 0.2) is 0 Å². The second-order valence-electron chi connectivity index (χ2n) is 6.18. The predicted octanol–water partition coefficient (Wildman–Crippen LogP) is 3.08. The number of carbonyl (C=O) groups is 2. The summed E-state index contributed by atoms with van der Waals surface area (Å²) in [6.07, 6.45) is 0.600. The fourth-order valence-electron chi connectivity index (χ4n) is 3.09. The zero-order valence-corrected chi connectivity index (χ0v) is 15.2. The Hall–Kier alpha value is -2.34. The number of hydrogen-bond donors (Lipinski definition) is 0. The molecule has 0 bridgehead atoms. The lowest BCUT2D eigenvalue weighted by Gasteiger charge is -2.39. The molecule has 2 aromatic rings. The van der Waals surface area contributed by atoms with Crippen LogP contribution in [0.4, 0.5) is 5.69 Å². The van der Waals surface area contributed by atoms with Gasteiger partial charge in [-0.25, -0.2) is 0 Å². The maximum atomic E-state index is 12.9. The molecule has 1 atom stereocenters. The molecule has 1 aromatic heterocycles. The number of anilines is 1. The molecule has 3 rings (SSSR count). The van der Waals surface area contributed by atoms with Crippen molar-refractivity contribution in [3.8, 4) is 0 Å². The Morgan fingerprint density at radius 2 is 2.20 bits per heavy atom. The van der Waals surface area contributed by atoms with Crippen LogP contribution < -0.4 is 4.90 Å². The van der Waals surface area contributed by atoms with Crippen LogP contribution in [0.2, 0.25) is 5.02 Å². The molecule has 0 spiro atoms. The Balaban J connectivity index is 1.84. The second kappa shape index (κ2) is 6.88.